The van der Waals surface area contributed by atoms with E-state index in [1.165, 1.54) is 16.9 Å². The number of rotatable bonds is 2. The van der Waals surface area contributed by atoms with Gasteiger partial charge in [0.25, 0.3) is 0 Å². The van der Waals surface area contributed by atoms with Gasteiger partial charge in [-0.2, -0.15) is 11.3 Å². The lowest BCUT2D eigenvalue weighted by Crippen LogP contribution is -1.98. The molecule has 0 radical (unpaired) electrons. The molecular weight excluding hydrogens is 232 g/mol. The lowest BCUT2D eigenvalue weighted by molar-refractivity contribution is 0.0698. The maximum atomic E-state index is 11.2. The fourth-order valence-electron chi connectivity index (χ4n) is 2.26. The van der Waals surface area contributed by atoms with Crippen LogP contribution in [0.15, 0.2) is 22.9 Å². The number of hydrogen-bond acceptors (Lipinski definition) is 2. The van der Waals surface area contributed by atoms with E-state index in [2.05, 4.69) is 19.1 Å². The van der Waals surface area contributed by atoms with E-state index in [0.29, 0.717) is 5.56 Å². The lowest BCUT2D eigenvalue weighted by Gasteiger charge is -2.11. The van der Waals surface area contributed by atoms with Gasteiger partial charge in [-0.25, -0.2) is 4.79 Å². The molecule has 0 aliphatic heterocycles. The highest BCUT2D eigenvalue weighted by atomic mass is 32.1. The molecule has 0 spiro atoms. The molecule has 3 heteroatoms. The van der Waals surface area contributed by atoms with E-state index in [0.717, 1.165) is 22.3 Å². The molecule has 2 aromatic rings. The van der Waals surface area contributed by atoms with Crippen molar-refractivity contribution in [3.63, 3.8) is 0 Å². The first-order valence-electron chi connectivity index (χ1n) is 5.38. The summed E-state index contributed by atoms with van der Waals surface area (Å²) < 4.78 is 0. The molecule has 1 N–H and O–H groups in total. The molecule has 1 aromatic carbocycles. The van der Waals surface area contributed by atoms with Crippen LogP contribution in [0.2, 0.25) is 0 Å². The predicted octanol–water partition coefficient (Wildman–Crippen LogP) is 4.04. The van der Waals surface area contributed by atoms with Gasteiger partial charge in [0.1, 0.15) is 0 Å². The molecule has 0 fully saturated rings. The summed E-state index contributed by atoms with van der Waals surface area (Å²) in [6, 6.07) is 4.18. The zero-order valence-electron chi connectivity index (χ0n) is 10.1. The van der Waals surface area contributed by atoms with Gasteiger partial charge in [-0.15, -0.1) is 0 Å². The van der Waals surface area contributed by atoms with E-state index in [1.807, 2.05) is 19.2 Å². The Morgan fingerprint density at radius 2 is 1.71 bits per heavy atom. The van der Waals surface area contributed by atoms with Crippen LogP contribution in [0.1, 0.15) is 27.0 Å². The van der Waals surface area contributed by atoms with E-state index < -0.39 is 5.97 Å². The molecule has 1 heterocycles. The second-order valence-corrected chi connectivity index (χ2v) is 5.02. The van der Waals surface area contributed by atoms with Gasteiger partial charge >= 0.3 is 5.97 Å². The average Bonchev–Trinajstić information content (AvgIpc) is 2.64. The average molecular weight is 246 g/mol. The van der Waals surface area contributed by atoms with Crippen molar-refractivity contribution in [2.75, 3.05) is 0 Å². The van der Waals surface area contributed by atoms with Crippen LogP contribution in [-0.2, 0) is 0 Å². The minimum Gasteiger partial charge on any atom is -0.478 e. The van der Waals surface area contributed by atoms with Crippen molar-refractivity contribution in [1.82, 2.24) is 0 Å². The summed E-state index contributed by atoms with van der Waals surface area (Å²) >= 11 is 1.43. The van der Waals surface area contributed by atoms with Crippen molar-refractivity contribution in [2.45, 2.75) is 20.8 Å². The van der Waals surface area contributed by atoms with Gasteiger partial charge in [0, 0.05) is 10.9 Å². The molecule has 17 heavy (non-hydrogen) atoms. The molecule has 0 saturated heterocycles. The molecular formula is C14H14O2S. The first-order chi connectivity index (χ1) is 8.00. The minimum atomic E-state index is -0.861. The number of carbonyl (C=O) groups is 1. The molecule has 1 aromatic heterocycles. The molecule has 0 aliphatic rings. The van der Waals surface area contributed by atoms with Gasteiger partial charge in [-0.05, 0) is 42.8 Å². The molecule has 0 unspecified atom stereocenters. The molecule has 0 saturated carbocycles. The van der Waals surface area contributed by atoms with Crippen LogP contribution in [-0.4, -0.2) is 11.1 Å². The van der Waals surface area contributed by atoms with Crippen LogP contribution in [0.4, 0.5) is 0 Å². The van der Waals surface area contributed by atoms with Crippen molar-refractivity contribution in [2.24, 2.45) is 0 Å². The topological polar surface area (TPSA) is 37.3 Å². The molecule has 0 amide bonds. The Morgan fingerprint density at radius 1 is 1.12 bits per heavy atom. The maximum Gasteiger partial charge on any atom is 0.337 e. The monoisotopic (exact) mass is 246 g/mol. The normalized spacial score (nSPS) is 10.5. The Bertz CT molecular complexity index is 559. The number of aromatic carboxylic acids is 1. The summed E-state index contributed by atoms with van der Waals surface area (Å²) in [5, 5.41) is 12.8. The van der Waals surface area contributed by atoms with Crippen LogP contribution in [0.3, 0.4) is 0 Å². The Kier molecular flexibility index (Phi) is 3.03. The SMILES string of the molecule is Cc1cc(C)c(-c2cscc2C(=O)O)c(C)c1. The van der Waals surface area contributed by atoms with Crippen molar-refractivity contribution in [1.29, 1.82) is 0 Å². The van der Waals surface area contributed by atoms with Gasteiger partial charge in [-0.3, -0.25) is 0 Å². The summed E-state index contributed by atoms with van der Waals surface area (Å²) in [6.45, 7) is 6.10. The number of benzene rings is 1. The summed E-state index contributed by atoms with van der Waals surface area (Å²) in [5.41, 5.74) is 5.74. The first-order valence-corrected chi connectivity index (χ1v) is 6.32. The van der Waals surface area contributed by atoms with Crippen LogP contribution < -0.4 is 0 Å². The molecule has 2 rings (SSSR count). The van der Waals surface area contributed by atoms with Gasteiger partial charge in [0.15, 0.2) is 0 Å². The standard InChI is InChI=1S/C14H14O2S/c1-8-4-9(2)13(10(3)5-8)11-6-17-7-12(11)14(15)16/h4-7H,1-3H3,(H,15,16). The van der Waals surface area contributed by atoms with Crippen LogP contribution in [0, 0.1) is 20.8 Å². The third-order valence-corrected chi connectivity index (χ3v) is 3.58. The van der Waals surface area contributed by atoms with Gasteiger partial charge in [-0.1, -0.05) is 17.7 Å². The fraction of sp³-hybridized carbons (Fsp3) is 0.214. The molecule has 0 atom stereocenters. The fourth-order valence-corrected chi connectivity index (χ4v) is 3.07. The van der Waals surface area contributed by atoms with Crippen molar-refractivity contribution < 1.29 is 9.90 Å². The molecule has 0 bridgehead atoms. The highest BCUT2D eigenvalue weighted by Gasteiger charge is 2.16. The quantitative estimate of drug-likeness (QED) is 0.868. The van der Waals surface area contributed by atoms with E-state index in [-0.39, 0.29) is 0 Å². The van der Waals surface area contributed by atoms with Crippen molar-refractivity contribution in [3.05, 3.63) is 45.1 Å². The summed E-state index contributed by atoms with van der Waals surface area (Å²) in [7, 11) is 0. The predicted molar refractivity (Wildman–Crippen MR) is 70.9 cm³/mol. The van der Waals surface area contributed by atoms with E-state index in [4.69, 9.17) is 5.11 Å². The minimum absolute atomic E-state index is 0.394. The van der Waals surface area contributed by atoms with Crippen molar-refractivity contribution >= 4 is 17.3 Å². The Labute approximate surface area is 105 Å². The van der Waals surface area contributed by atoms with E-state index in [1.54, 1.807) is 5.38 Å². The van der Waals surface area contributed by atoms with Gasteiger partial charge in [0.05, 0.1) is 5.56 Å². The summed E-state index contributed by atoms with van der Waals surface area (Å²) in [5.74, 6) is -0.861. The zero-order valence-corrected chi connectivity index (χ0v) is 10.9. The Morgan fingerprint density at radius 3 is 2.24 bits per heavy atom. The van der Waals surface area contributed by atoms with Crippen LogP contribution in [0.5, 0.6) is 0 Å². The molecule has 0 aliphatic carbocycles. The zero-order chi connectivity index (χ0) is 12.6. The van der Waals surface area contributed by atoms with Gasteiger partial charge < -0.3 is 5.11 Å². The third kappa shape index (κ3) is 2.11. The second-order valence-electron chi connectivity index (χ2n) is 4.28. The summed E-state index contributed by atoms with van der Waals surface area (Å²) in [4.78, 5) is 11.2. The largest absolute Gasteiger partial charge is 0.478 e. The second kappa shape index (κ2) is 4.34. The third-order valence-electron chi connectivity index (χ3n) is 2.84. The number of thiophene rings is 1. The highest BCUT2D eigenvalue weighted by molar-refractivity contribution is 7.08. The first kappa shape index (κ1) is 11.9. The smallest absolute Gasteiger partial charge is 0.337 e. The lowest BCUT2D eigenvalue weighted by atomic mass is 9.93. The van der Waals surface area contributed by atoms with Crippen molar-refractivity contribution in [3.8, 4) is 11.1 Å². The Balaban J connectivity index is 2.69. The molecule has 88 valence electrons. The van der Waals surface area contributed by atoms with E-state index in [9.17, 15) is 4.79 Å². The number of carboxylic acids is 1. The highest BCUT2D eigenvalue weighted by Crippen LogP contribution is 2.33. The van der Waals surface area contributed by atoms with Crippen LogP contribution >= 0.6 is 11.3 Å². The Hall–Kier alpha value is -1.61. The van der Waals surface area contributed by atoms with Crippen LogP contribution in [0.25, 0.3) is 11.1 Å². The number of carboxylic acid groups (broad SMARTS) is 1. The maximum absolute atomic E-state index is 11.2. The molecule has 2 nitrogen and oxygen atoms in total. The number of aryl methyl sites for hydroxylation is 3. The summed E-state index contributed by atoms with van der Waals surface area (Å²) in [6.07, 6.45) is 0. The van der Waals surface area contributed by atoms with E-state index >= 15 is 0 Å². The number of hydrogen-bond donors (Lipinski definition) is 1. The van der Waals surface area contributed by atoms with Gasteiger partial charge in [0.2, 0.25) is 0 Å².